The maximum absolute atomic E-state index is 13.6. The number of esters is 1. The van der Waals surface area contributed by atoms with Gasteiger partial charge in [0.15, 0.2) is 0 Å². The molecular formula is C18H15F2NO5. The Balaban J connectivity index is 2.10. The number of amides is 1. The SMILES string of the molecule is CC(=O)Oc1ccc(CC(NC(=O)c2ccc(F)cc2F)C(=O)O)cc1. The van der Waals surface area contributed by atoms with E-state index in [9.17, 15) is 28.3 Å². The fourth-order valence-electron chi connectivity index (χ4n) is 2.20. The Morgan fingerprint density at radius 1 is 1.12 bits per heavy atom. The van der Waals surface area contributed by atoms with Crippen molar-refractivity contribution >= 4 is 17.8 Å². The standard InChI is InChI=1S/C18H15F2NO5/c1-10(22)26-13-5-2-11(3-6-13)8-16(18(24)25)21-17(23)14-7-4-12(19)9-15(14)20/h2-7,9,16H,8H2,1H3,(H,21,23)(H,24,25). The molecule has 26 heavy (non-hydrogen) atoms. The highest BCUT2D eigenvalue weighted by molar-refractivity contribution is 5.96. The Hall–Kier alpha value is -3.29. The van der Waals surface area contributed by atoms with Gasteiger partial charge in [-0.1, -0.05) is 12.1 Å². The van der Waals surface area contributed by atoms with Crippen LogP contribution in [-0.2, 0) is 16.0 Å². The van der Waals surface area contributed by atoms with Gasteiger partial charge in [-0.2, -0.15) is 0 Å². The fourth-order valence-corrected chi connectivity index (χ4v) is 2.20. The van der Waals surface area contributed by atoms with E-state index in [1.165, 1.54) is 19.1 Å². The number of hydrogen-bond acceptors (Lipinski definition) is 4. The average Bonchev–Trinajstić information content (AvgIpc) is 2.55. The molecule has 0 aliphatic rings. The molecule has 8 heteroatoms. The lowest BCUT2D eigenvalue weighted by molar-refractivity contribution is -0.139. The van der Waals surface area contributed by atoms with E-state index in [-0.39, 0.29) is 6.42 Å². The summed E-state index contributed by atoms with van der Waals surface area (Å²) >= 11 is 0. The van der Waals surface area contributed by atoms with E-state index in [2.05, 4.69) is 5.32 Å². The zero-order valence-corrected chi connectivity index (χ0v) is 13.7. The van der Waals surface area contributed by atoms with Gasteiger partial charge in [0.25, 0.3) is 5.91 Å². The van der Waals surface area contributed by atoms with Crippen molar-refractivity contribution < 1.29 is 33.0 Å². The molecule has 2 aromatic carbocycles. The van der Waals surface area contributed by atoms with Gasteiger partial charge in [-0.05, 0) is 29.8 Å². The molecule has 136 valence electrons. The van der Waals surface area contributed by atoms with Gasteiger partial charge in [0.1, 0.15) is 23.4 Å². The fraction of sp³-hybridized carbons (Fsp3) is 0.167. The molecule has 0 aromatic heterocycles. The van der Waals surface area contributed by atoms with Crippen LogP contribution in [0.25, 0.3) is 0 Å². The Morgan fingerprint density at radius 3 is 2.31 bits per heavy atom. The molecule has 1 amide bonds. The first kappa shape index (κ1) is 19.0. The quantitative estimate of drug-likeness (QED) is 0.607. The van der Waals surface area contributed by atoms with Gasteiger partial charge in [0.2, 0.25) is 0 Å². The predicted octanol–water partition coefficient (Wildman–Crippen LogP) is 2.32. The first-order valence-electron chi connectivity index (χ1n) is 7.52. The van der Waals surface area contributed by atoms with Gasteiger partial charge in [0, 0.05) is 19.4 Å². The molecule has 0 aliphatic carbocycles. The number of benzene rings is 2. The van der Waals surface area contributed by atoms with E-state index in [4.69, 9.17) is 4.74 Å². The third-order valence-corrected chi connectivity index (χ3v) is 3.40. The van der Waals surface area contributed by atoms with E-state index >= 15 is 0 Å². The summed E-state index contributed by atoms with van der Waals surface area (Å²) in [5.41, 5.74) is 0.0936. The number of aliphatic carboxylic acids is 1. The largest absolute Gasteiger partial charge is 0.480 e. The van der Waals surface area contributed by atoms with Crippen LogP contribution in [-0.4, -0.2) is 29.0 Å². The Morgan fingerprint density at radius 2 is 1.77 bits per heavy atom. The maximum Gasteiger partial charge on any atom is 0.326 e. The van der Waals surface area contributed by atoms with Crippen LogP contribution in [0, 0.1) is 11.6 Å². The molecule has 0 aliphatic heterocycles. The first-order chi connectivity index (χ1) is 12.3. The third kappa shape index (κ3) is 5.10. The molecule has 0 radical (unpaired) electrons. The highest BCUT2D eigenvalue weighted by atomic mass is 19.1. The van der Waals surface area contributed by atoms with Crippen LogP contribution in [0.15, 0.2) is 42.5 Å². The van der Waals surface area contributed by atoms with Crippen molar-refractivity contribution in [2.75, 3.05) is 0 Å². The van der Waals surface area contributed by atoms with E-state index in [1.54, 1.807) is 12.1 Å². The summed E-state index contributed by atoms with van der Waals surface area (Å²) < 4.78 is 31.4. The van der Waals surface area contributed by atoms with Crippen LogP contribution in [0.3, 0.4) is 0 Å². The normalized spacial score (nSPS) is 11.5. The molecule has 0 saturated heterocycles. The van der Waals surface area contributed by atoms with Gasteiger partial charge in [-0.25, -0.2) is 13.6 Å². The van der Waals surface area contributed by atoms with Crippen LogP contribution >= 0.6 is 0 Å². The first-order valence-corrected chi connectivity index (χ1v) is 7.52. The number of rotatable bonds is 6. The minimum atomic E-state index is -1.33. The number of carbonyl (C=O) groups excluding carboxylic acids is 2. The molecule has 0 saturated carbocycles. The zero-order valence-electron chi connectivity index (χ0n) is 13.7. The number of hydrogen-bond donors (Lipinski definition) is 2. The summed E-state index contributed by atoms with van der Waals surface area (Å²) in [5.74, 6) is -4.41. The highest BCUT2D eigenvalue weighted by Crippen LogP contribution is 2.15. The highest BCUT2D eigenvalue weighted by Gasteiger charge is 2.23. The van der Waals surface area contributed by atoms with Gasteiger partial charge in [-0.3, -0.25) is 9.59 Å². The van der Waals surface area contributed by atoms with Gasteiger partial charge >= 0.3 is 11.9 Å². The molecule has 0 spiro atoms. The molecule has 0 fully saturated rings. The smallest absolute Gasteiger partial charge is 0.326 e. The van der Waals surface area contributed by atoms with Crippen LogP contribution in [0.2, 0.25) is 0 Å². The Bertz CT molecular complexity index is 836. The summed E-state index contributed by atoms with van der Waals surface area (Å²) in [6.07, 6.45) is -0.0791. The monoisotopic (exact) mass is 363 g/mol. The maximum atomic E-state index is 13.6. The molecule has 6 nitrogen and oxygen atoms in total. The van der Waals surface area contributed by atoms with Crippen LogP contribution in [0.4, 0.5) is 8.78 Å². The van der Waals surface area contributed by atoms with E-state index in [0.717, 1.165) is 12.1 Å². The summed E-state index contributed by atoms with van der Waals surface area (Å²) in [7, 11) is 0. The summed E-state index contributed by atoms with van der Waals surface area (Å²) in [4.78, 5) is 34.3. The second kappa shape index (κ2) is 8.19. The zero-order chi connectivity index (χ0) is 19.3. The van der Waals surface area contributed by atoms with E-state index in [0.29, 0.717) is 17.4 Å². The van der Waals surface area contributed by atoms with Crippen molar-refractivity contribution in [3.63, 3.8) is 0 Å². The predicted molar refractivity (Wildman–Crippen MR) is 86.7 cm³/mol. The summed E-state index contributed by atoms with van der Waals surface area (Å²) in [5, 5.41) is 11.5. The Labute approximate surface area is 147 Å². The number of halogens is 2. The third-order valence-electron chi connectivity index (χ3n) is 3.40. The second-order valence-electron chi connectivity index (χ2n) is 5.43. The molecular weight excluding hydrogens is 348 g/mol. The average molecular weight is 363 g/mol. The molecule has 2 N–H and O–H groups in total. The minimum Gasteiger partial charge on any atom is -0.480 e. The van der Waals surface area contributed by atoms with E-state index < -0.39 is 41.1 Å². The van der Waals surface area contributed by atoms with Gasteiger partial charge in [-0.15, -0.1) is 0 Å². The molecule has 1 unspecified atom stereocenters. The number of nitrogens with one attached hydrogen (secondary N) is 1. The molecule has 0 bridgehead atoms. The number of carboxylic acids is 1. The lowest BCUT2D eigenvalue weighted by Gasteiger charge is -2.15. The van der Waals surface area contributed by atoms with Crippen molar-refractivity contribution in [2.45, 2.75) is 19.4 Å². The van der Waals surface area contributed by atoms with Crippen LogP contribution in [0.5, 0.6) is 5.75 Å². The molecule has 0 heterocycles. The lowest BCUT2D eigenvalue weighted by atomic mass is 10.0. The van der Waals surface area contributed by atoms with Gasteiger partial charge < -0.3 is 15.2 Å². The van der Waals surface area contributed by atoms with Crippen LogP contribution in [0.1, 0.15) is 22.8 Å². The van der Waals surface area contributed by atoms with E-state index in [1.807, 2.05) is 0 Å². The van der Waals surface area contributed by atoms with Crippen LogP contribution < -0.4 is 10.1 Å². The van der Waals surface area contributed by atoms with Crippen molar-refractivity contribution in [1.29, 1.82) is 0 Å². The van der Waals surface area contributed by atoms with Crippen molar-refractivity contribution in [3.05, 3.63) is 65.2 Å². The second-order valence-corrected chi connectivity index (χ2v) is 5.43. The molecule has 2 rings (SSSR count). The summed E-state index contributed by atoms with van der Waals surface area (Å²) in [6, 6.07) is 7.10. The van der Waals surface area contributed by atoms with Crippen molar-refractivity contribution in [1.82, 2.24) is 5.32 Å². The number of carbonyl (C=O) groups is 3. The number of ether oxygens (including phenoxy) is 1. The topological polar surface area (TPSA) is 92.7 Å². The van der Waals surface area contributed by atoms with Crippen molar-refractivity contribution in [2.24, 2.45) is 0 Å². The molecule has 1 atom stereocenters. The van der Waals surface area contributed by atoms with Gasteiger partial charge in [0.05, 0.1) is 5.56 Å². The lowest BCUT2D eigenvalue weighted by Crippen LogP contribution is -2.42. The number of carboxylic acid groups (broad SMARTS) is 1. The Kier molecular flexibility index (Phi) is 6.00. The minimum absolute atomic E-state index is 0.0791. The summed E-state index contributed by atoms with van der Waals surface area (Å²) in [6.45, 7) is 1.25. The van der Waals surface area contributed by atoms with Crippen molar-refractivity contribution in [3.8, 4) is 5.75 Å². The molecule has 2 aromatic rings.